The topological polar surface area (TPSA) is 191 Å². The monoisotopic (exact) mass is 562 g/mol. The molecule has 202 valence electrons. The van der Waals surface area contributed by atoms with E-state index in [-0.39, 0.29) is 21.2 Å². The quantitative estimate of drug-likeness (QED) is 0.233. The molecule has 38 heavy (non-hydrogen) atoms. The molecule has 0 aliphatic carbocycles. The van der Waals surface area contributed by atoms with Crippen LogP contribution in [0.4, 0.5) is 32.3 Å². The van der Waals surface area contributed by atoms with Gasteiger partial charge in [0.15, 0.2) is 0 Å². The van der Waals surface area contributed by atoms with Gasteiger partial charge >= 0.3 is 12.1 Å². The first-order chi connectivity index (χ1) is 17.6. The lowest BCUT2D eigenvalue weighted by Gasteiger charge is -2.22. The molecule has 0 spiro atoms. The van der Waals surface area contributed by atoms with Gasteiger partial charge in [0.25, 0.3) is 20.2 Å². The average molecular weight is 563 g/mol. The van der Waals surface area contributed by atoms with E-state index in [4.69, 9.17) is 0 Å². The third-order valence-electron chi connectivity index (χ3n) is 5.88. The Labute approximate surface area is 220 Å². The maximum atomic E-state index is 12.7. The van der Waals surface area contributed by atoms with Gasteiger partial charge in [-0.25, -0.2) is 9.59 Å². The first-order valence-electron chi connectivity index (χ1n) is 11.0. The number of nitrogens with one attached hydrogen (secondary N) is 4. The van der Waals surface area contributed by atoms with Crippen molar-refractivity contribution in [3.63, 3.8) is 0 Å². The molecule has 0 aromatic heterocycles. The molecular formula is C24H26N4O8S2. The SMILES string of the molecule is Cc1c(C)c(NC(=O)Nc2cccc(S(=O)(=O)O)c2)c(C)c(NC(=O)Nc2cccc(S(=O)(=O)O)c2)c1C. The summed E-state index contributed by atoms with van der Waals surface area (Å²) in [6.07, 6.45) is 0. The second-order valence-corrected chi connectivity index (χ2v) is 11.3. The van der Waals surface area contributed by atoms with Gasteiger partial charge < -0.3 is 21.3 Å². The highest BCUT2D eigenvalue weighted by molar-refractivity contribution is 7.86. The van der Waals surface area contributed by atoms with Crippen LogP contribution in [0, 0.1) is 27.7 Å². The molecule has 3 aromatic carbocycles. The van der Waals surface area contributed by atoms with E-state index in [1.165, 1.54) is 36.4 Å². The molecule has 0 radical (unpaired) electrons. The van der Waals surface area contributed by atoms with E-state index >= 15 is 0 Å². The predicted octanol–water partition coefficient (Wildman–Crippen LogP) is 4.70. The second kappa shape index (κ2) is 10.8. The number of carbonyl (C=O) groups is 2. The Kier molecular flexibility index (Phi) is 8.12. The van der Waals surface area contributed by atoms with Crippen LogP contribution in [-0.2, 0) is 20.2 Å². The van der Waals surface area contributed by atoms with Gasteiger partial charge in [-0.05, 0) is 86.3 Å². The Bertz CT molecular complexity index is 1530. The molecule has 0 aliphatic heterocycles. The summed E-state index contributed by atoms with van der Waals surface area (Å²) in [5.41, 5.74) is 3.82. The minimum Gasteiger partial charge on any atom is -0.308 e. The van der Waals surface area contributed by atoms with Crippen LogP contribution in [0.1, 0.15) is 22.3 Å². The van der Waals surface area contributed by atoms with Crippen LogP contribution >= 0.6 is 0 Å². The summed E-state index contributed by atoms with van der Waals surface area (Å²) in [7, 11) is -8.91. The van der Waals surface area contributed by atoms with Crippen molar-refractivity contribution in [1.82, 2.24) is 0 Å². The third-order valence-corrected chi connectivity index (χ3v) is 7.58. The van der Waals surface area contributed by atoms with Crippen molar-refractivity contribution in [2.24, 2.45) is 0 Å². The van der Waals surface area contributed by atoms with Crippen molar-refractivity contribution in [1.29, 1.82) is 0 Å². The number of rotatable bonds is 6. The molecule has 6 N–H and O–H groups in total. The lowest BCUT2D eigenvalue weighted by molar-refractivity contribution is 0.261. The Morgan fingerprint density at radius 1 is 0.579 bits per heavy atom. The maximum Gasteiger partial charge on any atom is 0.323 e. The van der Waals surface area contributed by atoms with Crippen molar-refractivity contribution < 1.29 is 35.5 Å². The molecule has 12 nitrogen and oxygen atoms in total. The normalized spacial score (nSPS) is 11.5. The van der Waals surface area contributed by atoms with Crippen LogP contribution in [-0.4, -0.2) is 38.0 Å². The minimum atomic E-state index is -4.45. The molecule has 0 fully saturated rings. The van der Waals surface area contributed by atoms with Crippen LogP contribution in [0.15, 0.2) is 58.3 Å². The van der Waals surface area contributed by atoms with Gasteiger partial charge in [-0.1, -0.05) is 12.1 Å². The summed E-state index contributed by atoms with van der Waals surface area (Å²) in [6, 6.07) is 8.79. The summed E-state index contributed by atoms with van der Waals surface area (Å²) in [6.45, 7) is 7.06. The molecular weight excluding hydrogens is 536 g/mol. The van der Waals surface area contributed by atoms with E-state index in [2.05, 4.69) is 21.3 Å². The number of urea groups is 2. The highest BCUT2D eigenvalue weighted by atomic mass is 32.2. The molecule has 4 amide bonds. The summed E-state index contributed by atoms with van der Waals surface area (Å²) >= 11 is 0. The van der Waals surface area contributed by atoms with Crippen LogP contribution in [0.3, 0.4) is 0 Å². The highest BCUT2D eigenvalue weighted by Crippen LogP contribution is 2.34. The van der Waals surface area contributed by atoms with Crippen molar-refractivity contribution in [3.8, 4) is 0 Å². The number of anilines is 4. The summed E-state index contributed by atoms with van der Waals surface area (Å²) < 4.78 is 63.9. The van der Waals surface area contributed by atoms with Gasteiger partial charge in [-0.2, -0.15) is 16.8 Å². The zero-order chi connectivity index (χ0) is 28.4. The number of amides is 4. The van der Waals surface area contributed by atoms with Crippen LogP contribution in [0.5, 0.6) is 0 Å². The van der Waals surface area contributed by atoms with Gasteiger partial charge in [0, 0.05) is 11.4 Å². The molecule has 0 aliphatic rings. The van der Waals surface area contributed by atoms with Gasteiger partial charge in [-0.15, -0.1) is 0 Å². The third kappa shape index (κ3) is 6.66. The lowest BCUT2D eigenvalue weighted by Crippen LogP contribution is -2.24. The van der Waals surface area contributed by atoms with E-state index in [9.17, 15) is 35.5 Å². The zero-order valence-corrected chi connectivity index (χ0v) is 22.4. The molecule has 0 saturated heterocycles. The van der Waals surface area contributed by atoms with Crippen LogP contribution < -0.4 is 21.3 Å². The zero-order valence-electron chi connectivity index (χ0n) is 20.8. The number of carbonyl (C=O) groups excluding carboxylic acids is 2. The van der Waals surface area contributed by atoms with E-state index < -0.39 is 32.3 Å². The number of hydrogen-bond acceptors (Lipinski definition) is 6. The Morgan fingerprint density at radius 2 is 0.947 bits per heavy atom. The first-order valence-corrected chi connectivity index (χ1v) is 13.9. The maximum absolute atomic E-state index is 12.7. The largest absolute Gasteiger partial charge is 0.323 e. The van der Waals surface area contributed by atoms with Crippen molar-refractivity contribution in [2.45, 2.75) is 37.5 Å². The highest BCUT2D eigenvalue weighted by Gasteiger charge is 2.19. The fourth-order valence-electron chi connectivity index (χ4n) is 3.74. The van der Waals surface area contributed by atoms with Crippen LogP contribution in [0.2, 0.25) is 0 Å². The summed E-state index contributed by atoms with van der Waals surface area (Å²) in [5, 5.41) is 10.4. The van der Waals surface area contributed by atoms with E-state index in [1.54, 1.807) is 27.7 Å². The van der Waals surface area contributed by atoms with Gasteiger partial charge in [0.2, 0.25) is 0 Å². The Hall–Kier alpha value is -3.98. The van der Waals surface area contributed by atoms with Crippen molar-refractivity contribution in [3.05, 3.63) is 70.8 Å². The number of hydrogen-bond donors (Lipinski definition) is 6. The Balaban J connectivity index is 1.84. The average Bonchev–Trinajstić information content (AvgIpc) is 2.82. The molecule has 0 unspecified atom stereocenters. The molecule has 3 aromatic rings. The first kappa shape index (κ1) is 28.6. The molecule has 3 rings (SSSR count). The van der Waals surface area contributed by atoms with E-state index in [0.29, 0.717) is 16.9 Å². The Morgan fingerprint density at radius 3 is 1.29 bits per heavy atom. The van der Waals surface area contributed by atoms with Gasteiger partial charge in [-0.3, -0.25) is 9.11 Å². The van der Waals surface area contributed by atoms with Crippen molar-refractivity contribution in [2.75, 3.05) is 21.3 Å². The molecule has 0 heterocycles. The molecule has 0 atom stereocenters. The smallest absolute Gasteiger partial charge is 0.308 e. The summed E-state index contributed by atoms with van der Waals surface area (Å²) in [5.74, 6) is 0. The molecule has 0 bridgehead atoms. The molecule has 14 heteroatoms. The summed E-state index contributed by atoms with van der Waals surface area (Å²) in [4.78, 5) is 24.7. The van der Waals surface area contributed by atoms with E-state index in [1.807, 2.05) is 0 Å². The van der Waals surface area contributed by atoms with Crippen LogP contribution in [0.25, 0.3) is 0 Å². The van der Waals surface area contributed by atoms with Gasteiger partial charge in [0.05, 0.1) is 21.2 Å². The predicted molar refractivity (Wildman–Crippen MR) is 143 cm³/mol. The fraction of sp³-hybridized carbons (Fsp3) is 0.167. The minimum absolute atomic E-state index is 0.126. The molecule has 0 saturated carbocycles. The standard InChI is InChI=1S/C24H26N4O8S2/c1-13-14(2)21(27-23(29)25-17-7-5-9-19(11-17)37(31,32)33)16(4)22(15(13)3)28-24(30)26-18-8-6-10-20(12-18)38(34,35)36/h5-12H,1-4H3,(H2,25,27,29)(H2,26,28,30)(H,31,32,33)(H,34,35,36). The van der Waals surface area contributed by atoms with E-state index in [0.717, 1.165) is 28.8 Å². The number of benzene rings is 3. The second-order valence-electron chi connectivity index (χ2n) is 8.41. The lowest BCUT2D eigenvalue weighted by atomic mass is 9.95. The van der Waals surface area contributed by atoms with Gasteiger partial charge in [0.1, 0.15) is 0 Å². The van der Waals surface area contributed by atoms with Crippen molar-refractivity contribution >= 4 is 55.0 Å². The fourth-order valence-corrected chi connectivity index (χ4v) is 4.79.